The van der Waals surface area contributed by atoms with Crippen molar-refractivity contribution in [3.05, 3.63) is 137 Å². The van der Waals surface area contributed by atoms with Gasteiger partial charge in [-0.3, -0.25) is 14.4 Å². The van der Waals surface area contributed by atoms with Gasteiger partial charge in [0.15, 0.2) is 5.78 Å². The van der Waals surface area contributed by atoms with E-state index < -0.39 is 11.8 Å². The van der Waals surface area contributed by atoms with Crippen LogP contribution in [0.1, 0.15) is 32.0 Å². The van der Waals surface area contributed by atoms with Gasteiger partial charge in [0.1, 0.15) is 11.5 Å². The zero-order valence-electron chi connectivity index (χ0n) is 19.0. The van der Waals surface area contributed by atoms with Crippen LogP contribution in [0, 0.1) is 0 Å². The lowest BCUT2D eigenvalue weighted by Crippen LogP contribution is -2.30. The first-order valence-corrected chi connectivity index (χ1v) is 11.4. The first kappa shape index (κ1) is 24.4. The molecular weight excluding hydrogens is 476 g/mol. The third-order valence-corrected chi connectivity index (χ3v) is 5.30. The Morgan fingerprint density at radius 1 is 0.806 bits per heavy atom. The highest BCUT2D eigenvalue weighted by Crippen LogP contribution is 2.15. The molecule has 0 atom stereocenters. The summed E-state index contributed by atoms with van der Waals surface area (Å²) >= 11 is 5.97. The highest BCUT2D eigenvalue weighted by atomic mass is 35.5. The van der Waals surface area contributed by atoms with Crippen LogP contribution >= 0.6 is 11.6 Å². The average molecular weight is 497 g/mol. The van der Waals surface area contributed by atoms with E-state index in [1.54, 1.807) is 91.0 Å². The minimum Gasteiger partial charge on any atom is -0.465 e. The van der Waals surface area contributed by atoms with Crippen LogP contribution < -0.4 is 10.6 Å². The number of furan rings is 1. The summed E-state index contributed by atoms with van der Waals surface area (Å²) in [6.45, 7) is 0. The fourth-order valence-electron chi connectivity index (χ4n) is 3.25. The molecule has 0 saturated carbocycles. The zero-order chi connectivity index (χ0) is 25.3. The lowest BCUT2D eigenvalue weighted by Gasteiger charge is -2.11. The zero-order valence-corrected chi connectivity index (χ0v) is 19.7. The summed E-state index contributed by atoms with van der Waals surface area (Å²) in [5.74, 6) is -0.770. The van der Waals surface area contributed by atoms with E-state index in [2.05, 4.69) is 10.6 Å². The standard InChI is InChI=1S/C29H21ClN2O4/c30-23-9-4-6-20(18-23)11-16-27(33)21-12-14-24(15-13-21)31-29(35)26(19-25-10-5-17-36-25)32-28(34)22-7-2-1-3-8-22/h1-19H,(H,31,35)(H,32,34)/b16-11+,26-19-. The van der Waals surface area contributed by atoms with E-state index in [-0.39, 0.29) is 11.5 Å². The summed E-state index contributed by atoms with van der Waals surface area (Å²) < 4.78 is 5.30. The number of nitrogens with one attached hydrogen (secondary N) is 2. The number of allylic oxidation sites excluding steroid dienone is 1. The van der Waals surface area contributed by atoms with E-state index in [1.807, 2.05) is 6.07 Å². The molecule has 4 aromatic rings. The molecule has 6 nitrogen and oxygen atoms in total. The predicted molar refractivity (Wildman–Crippen MR) is 140 cm³/mol. The molecule has 0 aliphatic carbocycles. The summed E-state index contributed by atoms with van der Waals surface area (Å²) in [6, 6.07) is 25.5. The minimum atomic E-state index is -0.546. The van der Waals surface area contributed by atoms with Crippen LogP contribution in [0.5, 0.6) is 0 Å². The van der Waals surface area contributed by atoms with Crippen LogP contribution in [0.25, 0.3) is 12.2 Å². The lowest BCUT2D eigenvalue weighted by atomic mass is 10.1. The van der Waals surface area contributed by atoms with E-state index in [0.717, 1.165) is 5.56 Å². The quantitative estimate of drug-likeness (QED) is 0.223. The maximum absolute atomic E-state index is 13.0. The Kier molecular flexibility index (Phi) is 7.90. The number of benzene rings is 3. The Labute approximate surface area is 212 Å². The first-order chi connectivity index (χ1) is 17.5. The lowest BCUT2D eigenvalue weighted by molar-refractivity contribution is -0.113. The van der Waals surface area contributed by atoms with Gasteiger partial charge in [0.2, 0.25) is 0 Å². The van der Waals surface area contributed by atoms with Crippen molar-refractivity contribution in [2.24, 2.45) is 0 Å². The summed E-state index contributed by atoms with van der Waals surface area (Å²) in [5, 5.41) is 5.96. The number of carbonyl (C=O) groups is 3. The molecule has 178 valence electrons. The maximum atomic E-state index is 13.0. The smallest absolute Gasteiger partial charge is 0.272 e. The number of carbonyl (C=O) groups excluding carboxylic acids is 3. The number of halogens is 1. The molecule has 0 unspecified atom stereocenters. The highest BCUT2D eigenvalue weighted by Gasteiger charge is 2.16. The maximum Gasteiger partial charge on any atom is 0.272 e. The molecule has 1 aromatic heterocycles. The van der Waals surface area contributed by atoms with E-state index in [9.17, 15) is 14.4 Å². The average Bonchev–Trinajstić information content (AvgIpc) is 3.41. The van der Waals surface area contributed by atoms with Crippen LogP contribution in [0.4, 0.5) is 5.69 Å². The van der Waals surface area contributed by atoms with Gasteiger partial charge >= 0.3 is 0 Å². The third-order valence-electron chi connectivity index (χ3n) is 5.06. The molecule has 2 N–H and O–H groups in total. The number of anilines is 1. The molecule has 0 fully saturated rings. The molecular formula is C29H21ClN2O4. The number of hydrogen-bond donors (Lipinski definition) is 2. The predicted octanol–water partition coefficient (Wildman–Crippen LogP) is 6.24. The molecule has 0 aliphatic rings. The van der Waals surface area contributed by atoms with Crippen molar-refractivity contribution in [3.63, 3.8) is 0 Å². The van der Waals surface area contributed by atoms with Gasteiger partial charge in [-0.25, -0.2) is 0 Å². The number of ketones is 1. The van der Waals surface area contributed by atoms with Gasteiger partial charge in [0, 0.05) is 27.9 Å². The second-order valence-corrected chi connectivity index (χ2v) is 8.11. The van der Waals surface area contributed by atoms with Gasteiger partial charge < -0.3 is 15.1 Å². The SMILES string of the molecule is O=C(Nc1ccc(C(=O)/C=C/c2cccc(Cl)c2)cc1)/C(=C/c1ccco1)NC(=O)c1ccccc1. The van der Waals surface area contributed by atoms with E-state index >= 15 is 0 Å². The molecule has 1 heterocycles. The second kappa shape index (κ2) is 11.6. The first-order valence-electron chi connectivity index (χ1n) is 11.0. The fourth-order valence-corrected chi connectivity index (χ4v) is 3.45. The number of hydrogen-bond acceptors (Lipinski definition) is 4. The molecule has 3 aromatic carbocycles. The van der Waals surface area contributed by atoms with E-state index in [0.29, 0.717) is 27.6 Å². The molecule has 0 aliphatic heterocycles. The molecule has 36 heavy (non-hydrogen) atoms. The van der Waals surface area contributed by atoms with Crippen LogP contribution in [0.2, 0.25) is 5.02 Å². The molecule has 0 saturated heterocycles. The van der Waals surface area contributed by atoms with Crippen molar-refractivity contribution in [1.82, 2.24) is 5.32 Å². The van der Waals surface area contributed by atoms with Gasteiger partial charge in [-0.05, 0) is 72.3 Å². The van der Waals surface area contributed by atoms with E-state index in [4.69, 9.17) is 16.0 Å². The van der Waals surface area contributed by atoms with Crippen LogP contribution in [-0.4, -0.2) is 17.6 Å². The molecule has 0 radical (unpaired) electrons. The Morgan fingerprint density at radius 3 is 2.28 bits per heavy atom. The molecule has 2 amide bonds. The van der Waals surface area contributed by atoms with Crippen molar-refractivity contribution in [2.45, 2.75) is 0 Å². The van der Waals surface area contributed by atoms with Crippen LogP contribution in [-0.2, 0) is 4.79 Å². The van der Waals surface area contributed by atoms with Crippen LogP contribution in [0.15, 0.2) is 113 Å². The molecule has 4 rings (SSSR count). The van der Waals surface area contributed by atoms with Crippen molar-refractivity contribution in [3.8, 4) is 0 Å². The molecule has 0 spiro atoms. The normalized spacial score (nSPS) is 11.3. The van der Waals surface area contributed by atoms with Crippen molar-refractivity contribution in [2.75, 3.05) is 5.32 Å². The second-order valence-electron chi connectivity index (χ2n) is 7.68. The van der Waals surface area contributed by atoms with Gasteiger partial charge in [-0.1, -0.05) is 48.0 Å². The minimum absolute atomic E-state index is 0.00316. The van der Waals surface area contributed by atoms with Crippen molar-refractivity contribution < 1.29 is 18.8 Å². The van der Waals surface area contributed by atoms with Crippen molar-refractivity contribution in [1.29, 1.82) is 0 Å². The summed E-state index contributed by atoms with van der Waals surface area (Å²) in [4.78, 5) is 38.1. The number of amides is 2. The van der Waals surface area contributed by atoms with Crippen molar-refractivity contribution >= 4 is 47.0 Å². The monoisotopic (exact) mass is 496 g/mol. The summed E-state index contributed by atoms with van der Waals surface area (Å²) in [6.07, 6.45) is 6.05. The summed E-state index contributed by atoms with van der Waals surface area (Å²) in [7, 11) is 0. The fraction of sp³-hybridized carbons (Fsp3) is 0. The molecule has 0 bridgehead atoms. The van der Waals surface area contributed by atoms with Crippen LogP contribution in [0.3, 0.4) is 0 Å². The van der Waals surface area contributed by atoms with Gasteiger partial charge in [-0.2, -0.15) is 0 Å². The van der Waals surface area contributed by atoms with E-state index in [1.165, 1.54) is 18.4 Å². The molecule has 7 heteroatoms. The Balaban J connectivity index is 1.45. The number of rotatable bonds is 8. The van der Waals surface area contributed by atoms with Gasteiger partial charge in [0.05, 0.1) is 6.26 Å². The topological polar surface area (TPSA) is 88.4 Å². The third kappa shape index (κ3) is 6.68. The van der Waals surface area contributed by atoms with Gasteiger partial charge in [0.25, 0.3) is 11.8 Å². The van der Waals surface area contributed by atoms with Gasteiger partial charge in [-0.15, -0.1) is 0 Å². The largest absolute Gasteiger partial charge is 0.465 e. The highest BCUT2D eigenvalue weighted by molar-refractivity contribution is 6.30. The Morgan fingerprint density at radius 2 is 1.58 bits per heavy atom. The summed E-state index contributed by atoms with van der Waals surface area (Å²) in [5.41, 5.74) is 2.13. The Hall–Kier alpha value is -4.68. The Bertz CT molecular complexity index is 1420.